The fraction of sp³-hybridized carbons (Fsp3) is 0.364. The third kappa shape index (κ3) is 6.60. The van der Waals surface area contributed by atoms with Gasteiger partial charge in [-0.25, -0.2) is 4.98 Å². The lowest BCUT2D eigenvalue weighted by Gasteiger charge is -2.53. The average Bonchev–Trinajstić information content (AvgIpc) is 2.94. The highest BCUT2D eigenvalue weighted by Gasteiger charge is 2.40. The summed E-state index contributed by atoms with van der Waals surface area (Å²) in [4.78, 5) is 24.6. The lowest BCUT2D eigenvalue weighted by atomic mass is 9.80. The highest BCUT2D eigenvalue weighted by atomic mass is 16.5. The maximum Gasteiger partial charge on any atom is 0.255 e. The number of anilines is 3. The van der Waals surface area contributed by atoms with Crippen LogP contribution in [0.3, 0.4) is 0 Å². The number of fused-ring (bicyclic) bond motifs is 1. The van der Waals surface area contributed by atoms with Crippen LogP contribution in [0.5, 0.6) is 11.5 Å². The molecule has 1 aromatic heterocycles. The molecule has 0 spiro atoms. The van der Waals surface area contributed by atoms with Crippen LogP contribution >= 0.6 is 0 Å². The number of hydrogen-bond donors (Lipinski definition) is 2. The molecule has 0 atom stereocenters. The van der Waals surface area contributed by atoms with Gasteiger partial charge >= 0.3 is 0 Å². The number of aromatic nitrogens is 2. The summed E-state index contributed by atoms with van der Waals surface area (Å²) in [6, 6.07) is 20.4. The summed E-state index contributed by atoms with van der Waals surface area (Å²) in [5.74, 6) is 1.66. The Morgan fingerprint density at radius 2 is 1.59 bits per heavy atom. The standard InChI is InChI=1S/C33H39N5O3/c1-32(2)17-8-18-33(3,4)38(32)19-20-41-29-21-25(15-16-28(29)40-5)36-31(39)23-11-13-24(14-12-23)35-30-22-34-26-9-6-7-10-27(26)37-30/h6-7,9-16,21-22H,8,17-20H2,1-5H3,(H,35,37)(H,36,39). The van der Waals surface area contributed by atoms with Crippen LogP contribution in [0.15, 0.2) is 72.9 Å². The molecule has 1 amide bonds. The van der Waals surface area contributed by atoms with Crippen LogP contribution in [0, 0.1) is 0 Å². The van der Waals surface area contributed by atoms with Crippen molar-refractivity contribution in [2.45, 2.75) is 58.0 Å². The second-order valence-corrected chi connectivity index (χ2v) is 11.7. The monoisotopic (exact) mass is 553 g/mol. The predicted octanol–water partition coefficient (Wildman–Crippen LogP) is 7.06. The Balaban J connectivity index is 1.21. The fourth-order valence-electron chi connectivity index (χ4n) is 5.84. The number of nitrogens with one attached hydrogen (secondary N) is 2. The highest BCUT2D eigenvalue weighted by molar-refractivity contribution is 6.04. The van der Waals surface area contributed by atoms with Gasteiger partial charge in [0.2, 0.25) is 0 Å². The maximum absolute atomic E-state index is 13.0. The molecule has 3 aromatic carbocycles. The zero-order chi connectivity index (χ0) is 29.0. The number of rotatable bonds is 9. The Labute approximate surface area is 242 Å². The van der Waals surface area contributed by atoms with Gasteiger partial charge < -0.3 is 20.1 Å². The molecule has 2 heterocycles. The van der Waals surface area contributed by atoms with E-state index in [4.69, 9.17) is 9.47 Å². The van der Waals surface area contributed by atoms with Crippen molar-refractivity contribution < 1.29 is 14.3 Å². The van der Waals surface area contributed by atoms with E-state index in [2.05, 4.69) is 53.2 Å². The van der Waals surface area contributed by atoms with Crippen LogP contribution in [-0.4, -0.2) is 52.1 Å². The minimum atomic E-state index is -0.213. The Morgan fingerprint density at radius 3 is 2.29 bits per heavy atom. The second kappa shape index (κ2) is 11.7. The van der Waals surface area contributed by atoms with E-state index < -0.39 is 0 Å². The molecule has 8 heteroatoms. The number of carbonyl (C=O) groups excluding carboxylic acids is 1. The molecule has 41 heavy (non-hydrogen) atoms. The molecule has 0 saturated carbocycles. The number of ether oxygens (including phenoxy) is 2. The average molecular weight is 554 g/mol. The summed E-state index contributed by atoms with van der Waals surface area (Å²) in [5.41, 5.74) is 3.89. The lowest BCUT2D eigenvalue weighted by molar-refractivity contribution is -0.0341. The first-order valence-corrected chi connectivity index (χ1v) is 14.1. The number of hydrogen-bond acceptors (Lipinski definition) is 7. The zero-order valence-electron chi connectivity index (χ0n) is 24.5. The van der Waals surface area contributed by atoms with E-state index in [1.54, 1.807) is 25.4 Å². The molecule has 8 nitrogen and oxygen atoms in total. The second-order valence-electron chi connectivity index (χ2n) is 11.7. The van der Waals surface area contributed by atoms with Crippen LogP contribution in [0.25, 0.3) is 11.0 Å². The van der Waals surface area contributed by atoms with Crippen molar-refractivity contribution >= 4 is 34.1 Å². The zero-order valence-corrected chi connectivity index (χ0v) is 24.5. The van der Waals surface area contributed by atoms with Crippen molar-refractivity contribution in [2.75, 3.05) is 30.9 Å². The number of benzene rings is 3. The molecule has 1 aliphatic rings. The van der Waals surface area contributed by atoms with Gasteiger partial charge in [0.25, 0.3) is 5.91 Å². The molecule has 1 saturated heterocycles. The normalized spacial score (nSPS) is 16.2. The van der Waals surface area contributed by atoms with Crippen LogP contribution in [0.1, 0.15) is 57.3 Å². The summed E-state index contributed by atoms with van der Waals surface area (Å²) >= 11 is 0. The number of nitrogens with zero attached hydrogens (tertiary/aromatic N) is 3. The Bertz CT molecular complexity index is 1500. The largest absolute Gasteiger partial charge is 0.493 e. The molecule has 5 rings (SSSR count). The number of likely N-dealkylation sites (tertiary alicyclic amines) is 1. The van der Waals surface area contributed by atoms with E-state index in [0.717, 1.165) is 23.3 Å². The summed E-state index contributed by atoms with van der Waals surface area (Å²) in [6.45, 7) is 10.6. The van der Waals surface area contributed by atoms with Crippen molar-refractivity contribution in [3.05, 3.63) is 78.5 Å². The number of amides is 1. The minimum absolute atomic E-state index is 0.124. The van der Waals surface area contributed by atoms with E-state index in [9.17, 15) is 4.79 Å². The SMILES string of the molecule is COc1ccc(NC(=O)c2ccc(Nc3cnc4ccccc4n3)cc2)cc1OCCN1C(C)(C)CCCC1(C)C. The first-order chi connectivity index (χ1) is 19.6. The fourth-order valence-corrected chi connectivity index (χ4v) is 5.84. The minimum Gasteiger partial charge on any atom is -0.493 e. The predicted molar refractivity (Wildman–Crippen MR) is 164 cm³/mol. The van der Waals surface area contributed by atoms with E-state index >= 15 is 0 Å². The van der Waals surface area contributed by atoms with E-state index in [0.29, 0.717) is 35.2 Å². The molecule has 2 N–H and O–H groups in total. The number of para-hydroxylation sites is 2. The Hall–Kier alpha value is -4.17. The molecule has 0 aliphatic carbocycles. The third-order valence-corrected chi connectivity index (χ3v) is 7.90. The smallest absolute Gasteiger partial charge is 0.255 e. The summed E-state index contributed by atoms with van der Waals surface area (Å²) in [7, 11) is 1.62. The Kier molecular flexibility index (Phi) is 8.13. The van der Waals surface area contributed by atoms with Gasteiger partial charge in [0.1, 0.15) is 12.4 Å². The van der Waals surface area contributed by atoms with Gasteiger partial charge in [-0.15, -0.1) is 0 Å². The van der Waals surface area contributed by atoms with E-state index in [1.807, 2.05) is 54.6 Å². The number of carbonyl (C=O) groups is 1. The van der Waals surface area contributed by atoms with Gasteiger partial charge in [-0.1, -0.05) is 12.1 Å². The van der Waals surface area contributed by atoms with Gasteiger partial charge in [-0.3, -0.25) is 14.7 Å². The van der Waals surface area contributed by atoms with Crippen molar-refractivity contribution in [1.82, 2.24) is 14.9 Å². The molecule has 0 radical (unpaired) electrons. The quantitative estimate of drug-likeness (QED) is 0.229. The van der Waals surface area contributed by atoms with Crippen molar-refractivity contribution in [3.63, 3.8) is 0 Å². The molecule has 0 unspecified atom stereocenters. The van der Waals surface area contributed by atoms with Gasteiger partial charge in [0.15, 0.2) is 11.5 Å². The van der Waals surface area contributed by atoms with Crippen LogP contribution in [-0.2, 0) is 0 Å². The Morgan fingerprint density at radius 1 is 0.902 bits per heavy atom. The molecular weight excluding hydrogens is 514 g/mol. The van der Waals surface area contributed by atoms with Gasteiger partial charge in [-0.2, -0.15) is 0 Å². The van der Waals surface area contributed by atoms with Crippen molar-refractivity contribution in [1.29, 1.82) is 0 Å². The highest BCUT2D eigenvalue weighted by Crippen LogP contribution is 2.38. The van der Waals surface area contributed by atoms with E-state index in [-0.39, 0.29) is 17.0 Å². The number of piperidine rings is 1. The summed E-state index contributed by atoms with van der Waals surface area (Å²) in [6.07, 6.45) is 5.29. The third-order valence-electron chi connectivity index (χ3n) is 7.90. The van der Waals surface area contributed by atoms with Gasteiger partial charge in [-0.05, 0) is 95.5 Å². The van der Waals surface area contributed by atoms with Crippen LogP contribution < -0.4 is 20.1 Å². The van der Waals surface area contributed by atoms with Crippen LogP contribution in [0.2, 0.25) is 0 Å². The molecular formula is C33H39N5O3. The maximum atomic E-state index is 13.0. The van der Waals surface area contributed by atoms with Crippen molar-refractivity contribution in [3.8, 4) is 11.5 Å². The molecule has 0 bridgehead atoms. The molecule has 4 aromatic rings. The topological polar surface area (TPSA) is 88.6 Å². The van der Waals surface area contributed by atoms with E-state index in [1.165, 1.54) is 19.3 Å². The number of methoxy groups -OCH3 is 1. The first kappa shape index (κ1) is 28.4. The molecule has 214 valence electrons. The summed E-state index contributed by atoms with van der Waals surface area (Å²) in [5, 5.41) is 6.22. The molecule has 1 aliphatic heterocycles. The lowest BCUT2D eigenvalue weighted by Crippen LogP contribution is -2.59. The van der Waals surface area contributed by atoms with Crippen LogP contribution in [0.4, 0.5) is 17.2 Å². The summed E-state index contributed by atoms with van der Waals surface area (Å²) < 4.78 is 11.7. The molecule has 1 fully saturated rings. The van der Waals surface area contributed by atoms with Gasteiger partial charge in [0, 0.05) is 40.6 Å². The van der Waals surface area contributed by atoms with Gasteiger partial charge in [0.05, 0.1) is 24.3 Å². The van der Waals surface area contributed by atoms with Crippen molar-refractivity contribution in [2.24, 2.45) is 0 Å². The first-order valence-electron chi connectivity index (χ1n) is 14.1.